The van der Waals surface area contributed by atoms with E-state index >= 15 is 0 Å². The number of nitrogens with one attached hydrogen (secondary N) is 1. The van der Waals surface area contributed by atoms with Crippen molar-refractivity contribution in [2.45, 2.75) is 38.6 Å². The van der Waals surface area contributed by atoms with E-state index in [4.69, 9.17) is 4.74 Å². The topological polar surface area (TPSA) is 88.5 Å². The quantitative estimate of drug-likeness (QED) is 0.704. The molecule has 0 aliphatic heterocycles. The summed E-state index contributed by atoms with van der Waals surface area (Å²) in [5.41, 5.74) is 1.61. The predicted molar refractivity (Wildman–Crippen MR) is 99.3 cm³/mol. The van der Waals surface area contributed by atoms with E-state index < -0.39 is 12.0 Å². The van der Waals surface area contributed by atoms with Crippen LogP contribution in [0.2, 0.25) is 0 Å². The van der Waals surface area contributed by atoms with Crippen molar-refractivity contribution >= 4 is 23.2 Å². The number of amides is 1. The first-order valence-corrected chi connectivity index (χ1v) is 9.63. The zero-order valence-electron chi connectivity index (χ0n) is 14.6. The van der Waals surface area contributed by atoms with Gasteiger partial charge in [-0.05, 0) is 43.5 Å². The summed E-state index contributed by atoms with van der Waals surface area (Å²) in [6, 6.07) is 6.84. The van der Waals surface area contributed by atoms with Crippen molar-refractivity contribution in [2.75, 3.05) is 6.61 Å². The summed E-state index contributed by atoms with van der Waals surface area (Å²) in [7, 11) is 0. The fourth-order valence-corrected chi connectivity index (χ4v) is 3.53. The second-order valence-corrected chi connectivity index (χ2v) is 7.27. The summed E-state index contributed by atoms with van der Waals surface area (Å²) in [5.74, 6) is -0.0371. The van der Waals surface area contributed by atoms with Crippen LogP contribution in [0.25, 0.3) is 10.6 Å². The molecule has 138 valence electrons. The molecule has 1 aliphatic rings. The Morgan fingerprint density at radius 2 is 2.08 bits per heavy atom. The van der Waals surface area contributed by atoms with E-state index in [1.54, 1.807) is 0 Å². The summed E-state index contributed by atoms with van der Waals surface area (Å²) in [6.45, 7) is 2.56. The highest BCUT2D eigenvalue weighted by atomic mass is 32.1. The molecule has 2 N–H and O–H groups in total. The summed E-state index contributed by atoms with van der Waals surface area (Å²) in [5, 5.41) is 14.5. The molecule has 1 saturated carbocycles. The van der Waals surface area contributed by atoms with Crippen LogP contribution in [0.1, 0.15) is 31.9 Å². The Morgan fingerprint density at radius 1 is 1.35 bits per heavy atom. The van der Waals surface area contributed by atoms with Crippen LogP contribution >= 0.6 is 11.3 Å². The Morgan fingerprint density at radius 3 is 2.69 bits per heavy atom. The third-order valence-corrected chi connectivity index (χ3v) is 5.15. The van der Waals surface area contributed by atoms with Crippen molar-refractivity contribution in [1.29, 1.82) is 0 Å². The first kappa shape index (κ1) is 18.4. The molecule has 7 heteroatoms. The Bertz CT molecular complexity index is 768. The van der Waals surface area contributed by atoms with Gasteiger partial charge in [0.1, 0.15) is 16.8 Å². The molecule has 2 aromatic rings. The molecule has 0 radical (unpaired) electrons. The van der Waals surface area contributed by atoms with Gasteiger partial charge in [-0.2, -0.15) is 0 Å². The van der Waals surface area contributed by atoms with E-state index in [0.29, 0.717) is 24.6 Å². The smallest absolute Gasteiger partial charge is 0.326 e. The summed E-state index contributed by atoms with van der Waals surface area (Å²) >= 11 is 1.46. The molecule has 1 fully saturated rings. The van der Waals surface area contributed by atoms with Crippen LogP contribution < -0.4 is 10.1 Å². The first-order chi connectivity index (χ1) is 12.5. The van der Waals surface area contributed by atoms with Crippen LogP contribution in [0.5, 0.6) is 5.75 Å². The number of nitrogens with zero attached hydrogens (tertiary/aromatic N) is 1. The van der Waals surface area contributed by atoms with Gasteiger partial charge in [0.15, 0.2) is 0 Å². The van der Waals surface area contributed by atoms with E-state index in [1.165, 1.54) is 11.3 Å². The molecule has 6 nitrogen and oxygen atoms in total. The first-order valence-electron chi connectivity index (χ1n) is 8.75. The molecule has 26 heavy (non-hydrogen) atoms. The number of aliphatic carboxylic acids is 1. The van der Waals surface area contributed by atoms with Crippen molar-refractivity contribution in [2.24, 2.45) is 5.92 Å². The number of ether oxygens (including phenoxy) is 1. The van der Waals surface area contributed by atoms with Gasteiger partial charge in [0.2, 0.25) is 5.91 Å². The number of hydrogen-bond acceptors (Lipinski definition) is 5. The molecule has 1 unspecified atom stereocenters. The predicted octanol–water partition coefficient (Wildman–Crippen LogP) is 3.12. The number of carboxylic acids is 1. The van der Waals surface area contributed by atoms with E-state index in [1.807, 2.05) is 36.6 Å². The summed E-state index contributed by atoms with van der Waals surface area (Å²) in [4.78, 5) is 27.9. The second kappa shape index (κ2) is 8.31. The van der Waals surface area contributed by atoms with E-state index in [-0.39, 0.29) is 12.3 Å². The fraction of sp³-hybridized carbons (Fsp3) is 0.421. The molecular formula is C19H22N2O4S. The lowest BCUT2D eigenvalue weighted by Gasteiger charge is -2.13. The SMILES string of the molecule is CCOc1ccc(-c2nc(CC(=O)NC(CC3CC3)C(=O)O)cs2)cc1. The largest absolute Gasteiger partial charge is 0.494 e. The number of carboxylic acid groups (broad SMARTS) is 1. The van der Waals surface area contributed by atoms with Crippen molar-refractivity contribution in [1.82, 2.24) is 10.3 Å². The van der Waals surface area contributed by atoms with Gasteiger partial charge < -0.3 is 15.2 Å². The van der Waals surface area contributed by atoms with E-state index in [2.05, 4.69) is 10.3 Å². The van der Waals surface area contributed by atoms with Gasteiger partial charge in [-0.25, -0.2) is 9.78 Å². The van der Waals surface area contributed by atoms with Gasteiger partial charge in [0.05, 0.1) is 18.7 Å². The standard InChI is InChI=1S/C19H22N2O4S/c1-2-25-15-7-5-13(6-8-15)18-20-14(11-26-18)10-17(22)21-16(19(23)24)9-12-3-4-12/h5-8,11-12,16H,2-4,9-10H2,1H3,(H,21,22)(H,23,24). The van der Waals surface area contributed by atoms with Crippen LogP contribution in [0, 0.1) is 5.92 Å². The monoisotopic (exact) mass is 374 g/mol. The lowest BCUT2D eigenvalue weighted by Crippen LogP contribution is -2.41. The number of carbonyl (C=O) groups excluding carboxylic acids is 1. The number of rotatable bonds is 9. The highest BCUT2D eigenvalue weighted by molar-refractivity contribution is 7.13. The maximum atomic E-state index is 12.2. The fourth-order valence-electron chi connectivity index (χ4n) is 2.70. The lowest BCUT2D eigenvalue weighted by molar-refractivity contribution is -0.142. The second-order valence-electron chi connectivity index (χ2n) is 6.42. The maximum Gasteiger partial charge on any atom is 0.326 e. The van der Waals surface area contributed by atoms with Gasteiger partial charge >= 0.3 is 5.97 Å². The van der Waals surface area contributed by atoms with Crippen LogP contribution in [0.4, 0.5) is 0 Å². The number of carbonyl (C=O) groups is 2. The number of hydrogen-bond donors (Lipinski definition) is 2. The van der Waals surface area contributed by atoms with Crippen LogP contribution in [0.3, 0.4) is 0 Å². The molecular weight excluding hydrogens is 352 g/mol. The normalized spacial score (nSPS) is 14.7. The minimum atomic E-state index is -0.974. The molecule has 1 atom stereocenters. The lowest BCUT2D eigenvalue weighted by atomic mass is 10.1. The van der Waals surface area contributed by atoms with E-state index in [0.717, 1.165) is 29.2 Å². The van der Waals surface area contributed by atoms with Crippen molar-refractivity contribution < 1.29 is 19.4 Å². The minimum absolute atomic E-state index is 0.0853. The summed E-state index contributed by atoms with van der Waals surface area (Å²) < 4.78 is 5.42. The molecule has 1 aliphatic carbocycles. The van der Waals surface area contributed by atoms with Crippen molar-refractivity contribution in [3.8, 4) is 16.3 Å². The molecule has 3 rings (SSSR count). The third-order valence-electron chi connectivity index (χ3n) is 4.20. The zero-order chi connectivity index (χ0) is 18.5. The molecule has 1 heterocycles. The van der Waals surface area contributed by atoms with Gasteiger partial charge in [-0.1, -0.05) is 12.8 Å². The molecule has 0 bridgehead atoms. The molecule has 0 saturated heterocycles. The Kier molecular flexibility index (Phi) is 5.88. The van der Waals surface area contributed by atoms with Gasteiger partial charge in [0.25, 0.3) is 0 Å². The van der Waals surface area contributed by atoms with E-state index in [9.17, 15) is 14.7 Å². The van der Waals surface area contributed by atoms with Crippen LogP contribution in [0.15, 0.2) is 29.6 Å². The highest BCUT2D eigenvalue weighted by Crippen LogP contribution is 2.33. The van der Waals surface area contributed by atoms with Gasteiger partial charge in [-0.15, -0.1) is 11.3 Å². The van der Waals surface area contributed by atoms with Gasteiger partial charge in [0, 0.05) is 10.9 Å². The molecule has 1 amide bonds. The summed E-state index contributed by atoms with van der Waals surface area (Å²) in [6.07, 6.45) is 2.70. The Hall–Kier alpha value is -2.41. The van der Waals surface area contributed by atoms with Crippen LogP contribution in [-0.2, 0) is 16.0 Å². The van der Waals surface area contributed by atoms with Gasteiger partial charge in [-0.3, -0.25) is 4.79 Å². The minimum Gasteiger partial charge on any atom is -0.494 e. The van der Waals surface area contributed by atoms with Crippen LogP contribution in [-0.4, -0.2) is 34.6 Å². The number of thiazole rings is 1. The zero-order valence-corrected chi connectivity index (χ0v) is 15.4. The number of aromatic nitrogens is 1. The van der Waals surface area contributed by atoms with Crippen molar-refractivity contribution in [3.63, 3.8) is 0 Å². The third kappa shape index (κ3) is 5.05. The average molecular weight is 374 g/mol. The Balaban J connectivity index is 1.58. The molecule has 1 aromatic carbocycles. The maximum absolute atomic E-state index is 12.2. The average Bonchev–Trinajstić information content (AvgIpc) is 3.31. The Labute approximate surface area is 156 Å². The molecule has 0 spiro atoms. The van der Waals surface area contributed by atoms with Crippen molar-refractivity contribution in [3.05, 3.63) is 35.3 Å². The molecule has 1 aromatic heterocycles. The highest BCUT2D eigenvalue weighted by Gasteiger charge is 2.30. The number of benzene rings is 1.